The fourth-order valence-corrected chi connectivity index (χ4v) is 2.93. The molecule has 2 N–H and O–H groups in total. The van der Waals surface area contributed by atoms with Gasteiger partial charge < -0.3 is 5.32 Å². The molecule has 0 saturated heterocycles. The van der Waals surface area contributed by atoms with Crippen molar-refractivity contribution in [3.8, 4) is 0 Å². The van der Waals surface area contributed by atoms with Gasteiger partial charge in [0.05, 0.1) is 5.69 Å². The smallest absolute Gasteiger partial charge is 0.301 e. The lowest BCUT2D eigenvalue weighted by molar-refractivity contribution is 0.458. The number of anilines is 1. The normalized spacial score (nSPS) is 15.6. The summed E-state index contributed by atoms with van der Waals surface area (Å²) in [4.78, 5) is 0. The summed E-state index contributed by atoms with van der Waals surface area (Å²) in [6.07, 6.45) is 3.28. The predicted molar refractivity (Wildman–Crippen MR) is 82.3 cm³/mol. The highest BCUT2D eigenvalue weighted by molar-refractivity contribution is 7.90. The monoisotopic (exact) mass is 317 g/mol. The van der Waals surface area contributed by atoms with E-state index < -0.39 is 10.2 Å². The van der Waals surface area contributed by atoms with Crippen LogP contribution in [-0.2, 0) is 10.2 Å². The van der Waals surface area contributed by atoms with E-state index in [2.05, 4.69) is 10.0 Å². The van der Waals surface area contributed by atoms with Crippen LogP contribution in [0.15, 0.2) is 24.3 Å². The van der Waals surface area contributed by atoms with E-state index >= 15 is 0 Å². The van der Waals surface area contributed by atoms with E-state index in [1.54, 1.807) is 31.3 Å². The van der Waals surface area contributed by atoms with Gasteiger partial charge in [-0.25, -0.2) is 0 Å². The van der Waals surface area contributed by atoms with Crippen LogP contribution in [0.2, 0.25) is 5.02 Å². The maximum absolute atomic E-state index is 12.1. The summed E-state index contributed by atoms with van der Waals surface area (Å²) < 4.78 is 28.0. The quantitative estimate of drug-likeness (QED) is 0.722. The SMILES string of the molecule is CN(CCCNC1CC1)S(=O)(=O)Nc1cccc(Cl)c1. The molecule has 0 heterocycles. The molecule has 1 fully saturated rings. The van der Waals surface area contributed by atoms with E-state index in [1.165, 1.54) is 17.1 Å². The fraction of sp³-hybridized carbons (Fsp3) is 0.538. The molecule has 1 aromatic carbocycles. The maximum Gasteiger partial charge on any atom is 0.301 e. The molecule has 0 aliphatic heterocycles. The van der Waals surface area contributed by atoms with Crippen molar-refractivity contribution in [2.24, 2.45) is 0 Å². The second kappa shape index (κ2) is 6.76. The first kappa shape index (κ1) is 15.6. The molecule has 20 heavy (non-hydrogen) atoms. The number of benzene rings is 1. The maximum atomic E-state index is 12.1. The molecule has 1 saturated carbocycles. The van der Waals surface area contributed by atoms with Crippen molar-refractivity contribution in [3.63, 3.8) is 0 Å². The molecule has 0 aromatic heterocycles. The number of rotatable bonds is 8. The second-order valence-electron chi connectivity index (χ2n) is 5.02. The van der Waals surface area contributed by atoms with Crippen molar-refractivity contribution in [2.45, 2.75) is 25.3 Å². The third kappa shape index (κ3) is 4.94. The average molecular weight is 318 g/mol. The highest BCUT2D eigenvalue weighted by atomic mass is 35.5. The number of nitrogens with zero attached hydrogens (tertiary/aromatic N) is 1. The summed E-state index contributed by atoms with van der Waals surface area (Å²) in [5.74, 6) is 0. The second-order valence-corrected chi connectivity index (χ2v) is 7.23. The van der Waals surface area contributed by atoms with Gasteiger partial charge >= 0.3 is 10.2 Å². The van der Waals surface area contributed by atoms with Crippen LogP contribution in [-0.4, -0.2) is 38.9 Å². The lowest BCUT2D eigenvalue weighted by atomic mass is 10.3. The fourth-order valence-electron chi connectivity index (χ4n) is 1.79. The van der Waals surface area contributed by atoms with Crippen molar-refractivity contribution in [1.29, 1.82) is 0 Å². The Bertz CT molecular complexity index is 546. The molecule has 0 amide bonds. The molecular formula is C13H20ClN3O2S. The highest BCUT2D eigenvalue weighted by Crippen LogP contribution is 2.18. The number of hydrogen-bond donors (Lipinski definition) is 2. The summed E-state index contributed by atoms with van der Waals surface area (Å²) in [6.45, 7) is 1.33. The molecule has 1 aromatic rings. The van der Waals surface area contributed by atoms with Crippen molar-refractivity contribution < 1.29 is 8.42 Å². The van der Waals surface area contributed by atoms with E-state index in [1.807, 2.05) is 0 Å². The molecule has 0 unspecified atom stereocenters. The first-order chi connectivity index (χ1) is 9.47. The Morgan fingerprint density at radius 3 is 2.80 bits per heavy atom. The van der Waals surface area contributed by atoms with Gasteiger partial charge in [-0.3, -0.25) is 4.72 Å². The molecule has 5 nitrogen and oxygen atoms in total. The van der Waals surface area contributed by atoms with Crippen LogP contribution in [0.5, 0.6) is 0 Å². The van der Waals surface area contributed by atoms with Crippen molar-refractivity contribution in [1.82, 2.24) is 9.62 Å². The largest absolute Gasteiger partial charge is 0.314 e. The molecule has 1 aliphatic rings. The summed E-state index contributed by atoms with van der Waals surface area (Å²) in [5, 5.41) is 3.86. The number of nitrogens with one attached hydrogen (secondary N) is 2. The third-order valence-electron chi connectivity index (χ3n) is 3.14. The van der Waals surface area contributed by atoms with Gasteiger partial charge in [-0.2, -0.15) is 12.7 Å². The molecule has 1 aliphatic carbocycles. The molecule has 112 valence electrons. The molecule has 0 bridgehead atoms. The van der Waals surface area contributed by atoms with Gasteiger partial charge in [0, 0.05) is 24.7 Å². The summed E-state index contributed by atoms with van der Waals surface area (Å²) in [7, 11) is -1.94. The first-order valence-electron chi connectivity index (χ1n) is 6.70. The van der Waals surface area contributed by atoms with Gasteiger partial charge in [-0.05, 0) is 44.0 Å². The summed E-state index contributed by atoms with van der Waals surface area (Å²) in [5.41, 5.74) is 0.473. The van der Waals surface area contributed by atoms with Crippen LogP contribution in [0.25, 0.3) is 0 Å². The van der Waals surface area contributed by atoms with Gasteiger partial charge in [0.1, 0.15) is 0 Å². The Balaban J connectivity index is 1.81. The lowest BCUT2D eigenvalue weighted by Crippen LogP contribution is -2.34. The average Bonchev–Trinajstić information content (AvgIpc) is 3.17. The molecule has 0 spiro atoms. The Kier molecular flexibility index (Phi) is 5.26. The van der Waals surface area contributed by atoms with Crippen LogP contribution >= 0.6 is 11.6 Å². The minimum Gasteiger partial charge on any atom is -0.314 e. The Hall–Kier alpha value is -0.820. The molecule has 0 atom stereocenters. The molecule has 7 heteroatoms. The zero-order valence-electron chi connectivity index (χ0n) is 11.5. The standard InChI is InChI=1S/C13H20ClN3O2S/c1-17(9-3-8-15-12-6-7-12)20(18,19)16-13-5-2-4-11(14)10-13/h2,4-5,10,12,15-16H,3,6-9H2,1H3. The summed E-state index contributed by atoms with van der Waals surface area (Å²) >= 11 is 5.83. The van der Waals surface area contributed by atoms with Crippen molar-refractivity contribution >= 4 is 27.5 Å². The number of hydrogen-bond acceptors (Lipinski definition) is 3. The van der Waals surface area contributed by atoms with E-state index in [9.17, 15) is 8.42 Å². The minimum atomic E-state index is -3.52. The topological polar surface area (TPSA) is 61.4 Å². The van der Waals surface area contributed by atoms with Gasteiger partial charge in [-0.15, -0.1) is 0 Å². The Labute approximate surface area is 125 Å². The van der Waals surface area contributed by atoms with Gasteiger partial charge in [0.25, 0.3) is 0 Å². The van der Waals surface area contributed by atoms with Gasteiger partial charge in [0.15, 0.2) is 0 Å². The Morgan fingerprint density at radius 2 is 2.15 bits per heavy atom. The van der Waals surface area contributed by atoms with Crippen LogP contribution < -0.4 is 10.0 Å². The molecule has 2 rings (SSSR count). The minimum absolute atomic E-state index is 0.473. The highest BCUT2D eigenvalue weighted by Gasteiger charge is 2.21. The van der Waals surface area contributed by atoms with Gasteiger partial charge in [-0.1, -0.05) is 17.7 Å². The third-order valence-corrected chi connectivity index (χ3v) is 4.87. The van der Waals surface area contributed by atoms with E-state index in [0.717, 1.165) is 13.0 Å². The summed E-state index contributed by atoms with van der Waals surface area (Å²) in [6, 6.07) is 7.32. The molecular weight excluding hydrogens is 298 g/mol. The zero-order valence-corrected chi connectivity index (χ0v) is 13.0. The van der Waals surface area contributed by atoms with E-state index in [4.69, 9.17) is 11.6 Å². The van der Waals surface area contributed by atoms with Crippen molar-refractivity contribution in [3.05, 3.63) is 29.3 Å². The zero-order chi connectivity index (χ0) is 14.6. The van der Waals surface area contributed by atoms with E-state index in [0.29, 0.717) is 23.3 Å². The van der Waals surface area contributed by atoms with Gasteiger partial charge in [0.2, 0.25) is 0 Å². The van der Waals surface area contributed by atoms with Crippen LogP contribution in [0.4, 0.5) is 5.69 Å². The first-order valence-corrected chi connectivity index (χ1v) is 8.52. The van der Waals surface area contributed by atoms with Crippen LogP contribution in [0, 0.1) is 0 Å². The van der Waals surface area contributed by atoms with Crippen LogP contribution in [0.3, 0.4) is 0 Å². The lowest BCUT2D eigenvalue weighted by Gasteiger charge is -2.18. The molecule has 0 radical (unpaired) electrons. The Morgan fingerprint density at radius 1 is 1.40 bits per heavy atom. The van der Waals surface area contributed by atoms with Crippen molar-refractivity contribution in [2.75, 3.05) is 24.9 Å². The number of halogens is 1. The predicted octanol–water partition coefficient (Wildman–Crippen LogP) is 2.07. The van der Waals surface area contributed by atoms with E-state index in [-0.39, 0.29) is 0 Å². The van der Waals surface area contributed by atoms with Crippen LogP contribution in [0.1, 0.15) is 19.3 Å².